The molecule has 0 radical (unpaired) electrons. The van der Waals surface area contributed by atoms with Crippen LogP contribution in [-0.2, 0) is 32.2 Å². The van der Waals surface area contributed by atoms with Gasteiger partial charge in [-0.2, -0.15) is 0 Å². The quantitative estimate of drug-likeness (QED) is 0.488. The number of hydrogen-bond donors (Lipinski definition) is 0. The molecule has 4 rings (SSSR count). The van der Waals surface area contributed by atoms with Gasteiger partial charge in [0.05, 0.1) is 22.6 Å². The molecule has 1 unspecified atom stereocenters. The maximum absolute atomic E-state index is 13.2. The number of aromatic nitrogens is 1. The molecule has 1 aromatic carbocycles. The molecule has 1 amide bonds. The first-order valence-electron chi connectivity index (χ1n) is 11.5. The number of rotatable bonds is 6. The van der Waals surface area contributed by atoms with E-state index >= 15 is 0 Å². The van der Waals surface area contributed by atoms with Gasteiger partial charge >= 0.3 is 5.97 Å². The predicted molar refractivity (Wildman–Crippen MR) is 122 cm³/mol. The molecule has 2 aliphatic rings. The molecule has 2 heterocycles. The molecule has 1 aromatic heterocycles. The summed E-state index contributed by atoms with van der Waals surface area (Å²) < 4.78 is 29.3. The molecule has 2 aromatic rings. The molecule has 0 bridgehead atoms. The van der Waals surface area contributed by atoms with E-state index in [0.717, 1.165) is 54.3 Å². The van der Waals surface area contributed by atoms with Gasteiger partial charge in [0.15, 0.2) is 16.4 Å². The summed E-state index contributed by atoms with van der Waals surface area (Å²) in [5.41, 5.74) is 3.16. The number of amides is 1. The highest BCUT2D eigenvalue weighted by molar-refractivity contribution is 7.91. The number of nitrogens with zero attached hydrogens (tertiary/aromatic N) is 2. The lowest BCUT2D eigenvalue weighted by Gasteiger charge is -2.27. The van der Waals surface area contributed by atoms with Crippen LogP contribution in [0.1, 0.15) is 60.6 Å². The summed E-state index contributed by atoms with van der Waals surface area (Å²) in [6, 6.07) is 7.20. The minimum Gasteiger partial charge on any atom is -0.452 e. The molecule has 1 fully saturated rings. The number of benzene rings is 1. The zero-order chi connectivity index (χ0) is 22.7. The van der Waals surface area contributed by atoms with Crippen LogP contribution in [0.25, 0.3) is 10.9 Å². The summed E-state index contributed by atoms with van der Waals surface area (Å²) >= 11 is 0. The van der Waals surface area contributed by atoms with Crippen molar-refractivity contribution < 1.29 is 22.7 Å². The molecule has 32 heavy (non-hydrogen) atoms. The van der Waals surface area contributed by atoms with Gasteiger partial charge in [0.2, 0.25) is 0 Å². The van der Waals surface area contributed by atoms with E-state index in [1.54, 1.807) is 4.90 Å². The SMILES string of the molecule is CCCN(C(=O)COC(=O)c1c2c(nc3ccccc13)CCCCC2)C1CCS(=O)(=O)C1. The zero-order valence-corrected chi connectivity index (χ0v) is 19.3. The average Bonchev–Trinajstić information content (AvgIpc) is 2.98. The topological polar surface area (TPSA) is 93.6 Å². The smallest absolute Gasteiger partial charge is 0.339 e. The minimum absolute atomic E-state index is 0.0187. The van der Waals surface area contributed by atoms with E-state index in [9.17, 15) is 18.0 Å². The number of carbonyl (C=O) groups is 2. The van der Waals surface area contributed by atoms with E-state index in [4.69, 9.17) is 9.72 Å². The van der Waals surface area contributed by atoms with Crippen LogP contribution in [0.5, 0.6) is 0 Å². The van der Waals surface area contributed by atoms with Crippen LogP contribution in [0.2, 0.25) is 0 Å². The predicted octanol–water partition coefficient (Wildman–Crippen LogP) is 3.09. The van der Waals surface area contributed by atoms with Crippen molar-refractivity contribution in [3.05, 3.63) is 41.1 Å². The third-order valence-electron chi connectivity index (χ3n) is 6.38. The van der Waals surface area contributed by atoms with E-state index in [2.05, 4.69) is 0 Å². The van der Waals surface area contributed by atoms with Gasteiger partial charge in [0.1, 0.15) is 0 Å². The van der Waals surface area contributed by atoms with Crippen molar-refractivity contribution in [3.63, 3.8) is 0 Å². The van der Waals surface area contributed by atoms with Crippen LogP contribution >= 0.6 is 0 Å². The Bertz CT molecular complexity index is 1130. The van der Waals surface area contributed by atoms with E-state index in [0.29, 0.717) is 24.9 Å². The molecule has 1 aliphatic carbocycles. The summed E-state index contributed by atoms with van der Waals surface area (Å²) in [6.07, 6.45) is 5.88. The normalized spacial score (nSPS) is 19.8. The highest BCUT2D eigenvalue weighted by Crippen LogP contribution is 2.29. The van der Waals surface area contributed by atoms with Crippen LogP contribution in [0.3, 0.4) is 0 Å². The molecule has 0 saturated carbocycles. The highest BCUT2D eigenvalue weighted by atomic mass is 32.2. The summed E-state index contributed by atoms with van der Waals surface area (Å²) in [7, 11) is -3.11. The van der Waals surface area contributed by atoms with Gasteiger partial charge in [0, 0.05) is 23.7 Å². The zero-order valence-electron chi connectivity index (χ0n) is 18.5. The van der Waals surface area contributed by atoms with Crippen molar-refractivity contribution in [2.24, 2.45) is 0 Å². The second kappa shape index (κ2) is 9.57. The fourth-order valence-corrected chi connectivity index (χ4v) is 6.57. The molecule has 0 N–H and O–H groups in total. The van der Waals surface area contributed by atoms with Crippen LogP contribution in [0.15, 0.2) is 24.3 Å². The van der Waals surface area contributed by atoms with Crippen LogP contribution in [0.4, 0.5) is 0 Å². The van der Waals surface area contributed by atoms with Gasteiger partial charge in [-0.05, 0) is 50.2 Å². The van der Waals surface area contributed by atoms with Gasteiger partial charge < -0.3 is 9.64 Å². The lowest BCUT2D eigenvalue weighted by atomic mass is 9.97. The summed E-state index contributed by atoms with van der Waals surface area (Å²) in [5, 5.41) is 0.748. The molecular formula is C24H30N2O5S. The number of esters is 1. The van der Waals surface area contributed by atoms with Crippen LogP contribution in [0, 0.1) is 0 Å². The highest BCUT2D eigenvalue weighted by Gasteiger charge is 2.34. The molecule has 1 aliphatic heterocycles. The largest absolute Gasteiger partial charge is 0.452 e. The Hall–Kier alpha value is -2.48. The number of fused-ring (bicyclic) bond motifs is 2. The molecule has 1 atom stereocenters. The summed E-state index contributed by atoms with van der Waals surface area (Å²) in [5.74, 6) is -0.771. The number of pyridine rings is 1. The van der Waals surface area contributed by atoms with Gasteiger partial charge in [-0.15, -0.1) is 0 Å². The molecule has 7 nitrogen and oxygen atoms in total. The van der Waals surface area contributed by atoms with E-state index < -0.39 is 15.8 Å². The Morgan fingerprint density at radius 1 is 1.16 bits per heavy atom. The number of ether oxygens (including phenoxy) is 1. The van der Waals surface area contributed by atoms with Crippen molar-refractivity contribution in [3.8, 4) is 0 Å². The second-order valence-electron chi connectivity index (χ2n) is 8.71. The molecule has 1 saturated heterocycles. The number of carbonyl (C=O) groups excluding carboxylic acids is 2. The Kier molecular flexibility index (Phi) is 6.79. The number of para-hydroxylation sites is 1. The summed E-state index contributed by atoms with van der Waals surface area (Å²) in [4.78, 5) is 32.5. The van der Waals surface area contributed by atoms with Crippen LogP contribution in [-0.4, -0.2) is 60.9 Å². The molecule has 0 spiro atoms. The van der Waals surface area contributed by atoms with Crippen molar-refractivity contribution in [2.75, 3.05) is 24.7 Å². The fraction of sp³-hybridized carbons (Fsp3) is 0.542. The Labute approximate surface area is 189 Å². The number of sulfone groups is 1. The number of aryl methyl sites for hydroxylation is 1. The Morgan fingerprint density at radius 2 is 1.94 bits per heavy atom. The van der Waals surface area contributed by atoms with Gasteiger partial charge in [-0.3, -0.25) is 9.78 Å². The third-order valence-corrected chi connectivity index (χ3v) is 8.13. The second-order valence-corrected chi connectivity index (χ2v) is 10.9. The minimum atomic E-state index is -3.11. The Morgan fingerprint density at radius 3 is 2.69 bits per heavy atom. The first kappa shape index (κ1) is 22.7. The lowest BCUT2D eigenvalue weighted by Crippen LogP contribution is -2.43. The lowest BCUT2D eigenvalue weighted by molar-refractivity contribution is -0.136. The van der Waals surface area contributed by atoms with Gasteiger partial charge in [-0.25, -0.2) is 13.2 Å². The fourth-order valence-electron chi connectivity index (χ4n) is 4.84. The molecule has 8 heteroatoms. The first-order valence-corrected chi connectivity index (χ1v) is 13.3. The van der Waals surface area contributed by atoms with E-state index in [1.807, 2.05) is 31.2 Å². The van der Waals surface area contributed by atoms with Crippen molar-refractivity contribution in [1.29, 1.82) is 0 Å². The van der Waals surface area contributed by atoms with Crippen molar-refractivity contribution in [2.45, 2.75) is 57.9 Å². The van der Waals surface area contributed by atoms with E-state index in [-0.39, 0.29) is 30.1 Å². The van der Waals surface area contributed by atoms with Crippen molar-refractivity contribution in [1.82, 2.24) is 9.88 Å². The monoisotopic (exact) mass is 458 g/mol. The summed E-state index contributed by atoms with van der Waals surface area (Å²) in [6.45, 7) is 2.00. The Balaban J connectivity index is 1.56. The number of hydrogen-bond acceptors (Lipinski definition) is 6. The first-order chi connectivity index (χ1) is 15.4. The van der Waals surface area contributed by atoms with E-state index in [1.165, 1.54) is 0 Å². The molecule has 172 valence electrons. The molecular weight excluding hydrogens is 428 g/mol. The standard InChI is InChI=1S/C24H30N2O5S/c1-2-13-26(17-12-14-32(29,30)16-17)22(27)15-31-24(28)23-18-8-4-3-5-10-20(18)25-21-11-7-6-9-19(21)23/h6-7,9,11,17H,2-5,8,10,12-16H2,1H3. The van der Waals surface area contributed by atoms with Gasteiger partial charge in [0.25, 0.3) is 5.91 Å². The third kappa shape index (κ3) is 4.80. The average molecular weight is 459 g/mol. The maximum atomic E-state index is 13.2. The van der Waals surface area contributed by atoms with Crippen LogP contribution < -0.4 is 0 Å². The maximum Gasteiger partial charge on any atom is 0.339 e. The van der Waals surface area contributed by atoms with Gasteiger partial charge in [-0.1, -0.05) is 31.5 Å². The van der Waals surface area contributed by atoms with Crippen molar-refractivity contribution >= 4 is 32.6 Å².